The molecule has 6 nitrogen and oxygen atoms in total. The van der Waals surface area contributed by atoms with Crippen LogP contribution in [0.5, 0.6) is 0 Å². The highest BCUT2D eigenvalue weighted by Crippen LogP contribution is 2.15. The van der Waals surface area contributed by atoms with E-state index in [0.717, 1.165) is 57.8 Å². The third kappa shape index (κ3) is 23.7. The predicted molar refractivity (Wildman–Crippen MR) is 168 cm³/mol. The Hall–Kier alpha value is -0.950. The van der Waals surface area contributed by atoms with Crippen molar-refractivity contribution in [1.29, 1.82) is 0 Å². The Balaban J connectivity index is 3.86. The lowest BCUT2D eigenvalue weighted by Crippen LogP contribution is -2.53. The first-order valence-electron chi connectivity index (χ1n) is 17.1. The average Bonchev–Trinajstić information content (AvgIpc) is 2.96. The Morgan fingerprint density at radius 1 is 0.600 bits per heavy atom. The van der Waals surface area contributed by atoms with Crippen molar-refractivity contribution in [3.8, 4) is 0 Å². The van der Waals surface area contributed by atoms with Crippen LogP contribution < -0.4 is 5.32 Å². The fraction of sp³-hybridized carbons (Fsp3) is 0.912. The maximum atomic E-state index is 12.4. The van der Waals surface area contributed by atoms with Crippen LogP contribution in [-0.2, 0) is 4.79 Å². The number of unbranched alkanes of at least 4 members (excludes halogenated alkanes) is 19. The van der Waals surface area contributed by atoms with Crippen molar-refractivity contribution in [2.45, 2.75) is 192 Å². The molecule has 0 spiro atoms. The van der Waals surface area contributed by atoms with E-state index in [4.69, 9.17) is 0 Å². The summed E-state index contributed by atoms with van der Waals surface area (Å²) in [5.41, 5.74) is 0. The molecule has 238 valence electrons. The lowest BCUT2D eigenvalue weighted by Gasteiger charge is -2.27. The van der Waals surface area contributed by atoms with Gasteiger partial charge in [0.1, 0.15) is 12.2 Å². The molecular formula is C34H67NO5. The van der Waals surface area contributed by atoms with Crippen LogP contribution in [-0.4, -0.2) is 57.3 Å². The molecule has 5 N–H and O–H groups in total. The molecule has 0 aromatic heterocycles. The SMILES string of the molecule is CCCC/C=C\CCCCCCC(O)C(=O)NC(CO)C(O)C(O)CCCCCCCCCCCCCCCC. The molecule has 0 aliphatic heterocycles. The third-order valence-electron chi connectivity index (χ3n) is 7.98. The van der Waals surface area contributed by atoms with Crippen molar-refractivity contribution in [3.05, 3.63) is 12.2 Å². The molecule has 0 radical (unpaired) electrons. The number of aliphatic hydroxyl groups excluding tert-OH is 4. The van der Waals surface area contributed by atoms with E-state index in [9.17, 15) is 25.2 Å². The number of nitrogens with one attached hydrogen (secondary N) is 1. The molecule has 0 bridgehead atoms. The van der Waals surface area contributed by atoms with E-state index in [1.165, 1.54) is 83.5 Å². The van der Waals surface area contributed by atoms with Crippen LogP contribution in [0.3, 0.4) is 0 Å². The number of carbonyl (C=O) groups excluding carboxylic acids is 1. The Morgan fingerprint density at radius 3 is 1.52 bits per heavy atom. The second-order valence-corrected chi connectivity index (χ2v) is 11.9. The summed E-state index contributed by atoms with van der Waals surface area (Å²) in [5.74, 6) is -0.597. The van der Waals surface area contributed by atoms with Gasteiger partial charge < -0.3 is 25.7 Å². The Kier molecular flexibility index (Phi) is 28.8. The van der Waals surface area contributed by atoms with Gasteiger partial charge in [-0.1, -0.05) is 148 Å². The fourth-order valence-corrected chi connectivity index (χ4v) is 5.15. The predicted octanol–water partition coefficient (Wildman–Crippen LogP) is 7.50. The van der Waals surface area contributed by atoms with Crippen LogP contribution >= 0.6 is 0 Å². The number of hydrogen-bond donors (Lipinski definition) is 5. The lowest BCUT2D eigenvalue weighted by atomic mass is 9.99. The van der Waals surface area contributed by atoms with Crippen LogP contribution in [0.15, 0.2) is 12.2 Å². The van der Waals surface area contributed by atoms with E-state index in [1.807, 2.05) is 0 Å². The molecule has 0 heterocycles. The van der Waals surface area contributed by atoms with Crippen molar-refractivity contribution < 1.29 is 25.2 Å². The molecule has 0 aromatic carbocycles. The van der Waals surface area contributed by atoms with Gasteiger partial charge in [0.25, 0.3) is 0 Å². The zero-order chi connectivity index (χ0) is 29.7. The lowest BCUT2D eigenvalue weighted by molar-refractivity contribution is -0.132. The van der Waals surface area contributed by atoms with Gasteiger partial charge in [0.15, 0.2) is 0 Å². The minimum Gasteiger partial charge on any atom is -0.394 e. The smallest absolute Gasteiger partial charge is 0.249 e. The van der Waals surface area contributed by atoms with Gasteiger partial charge in [-0.3, -0.25) is 4.79 Å². The Morgan fingerprint density at radius 2 is 1.02 bits per heavy atom. The summed E-state index contributed by atoms with van der Waals surface area (Å²) >= 11 is 0. The second-order valence-electron chi connectivity index (χ2n) is 11.9. The van der Waals surface area contributed by atoms with Gasteiger partial charge in [-0.25, -0.2) is 0 Å². The third-order valence-corrected chi connectivity index (χ3v) is 7.98. The van der Waals surface area contributed by atoms with Crippen LogP contribution in [0.25, 0.3) is 0 Å². The summed E-state index contributed by atoms with van der Waals surface area (Å²) in [6.07, 6.45) is 28.0. The number of rotatable bonds is 30. The summed E-state index contributed by atoms with van der Waals surface area (Å²) in [7, 11) is 0. The van der Waals surface area contributed by atoms with Crippen molar-refractivity contribution >= 4 is 5.91 Å². The molecular weight excluding hydrogens is 502 g/mol. The molecule has 4 unspecified atom stereocenters. The molecule has 4 atom stereocenters. The van der Waals surface area contributed by atoms with E-state index in [-0.39, 0.29) is 0 Å². The van der Waals surface area contributed by atoms with E-state index in [2.05, 4.69) is 31.3 Å². The molecule has 0 aliphatic rings. The Labute approximate surface area is 247 Å². The summed E-state index contributed by atoms with van der Waals surface area (Å²) in [5, 5.41) is 43.2. The highest BCUT2D eigenvalue weighted by atomic mass is 16.3. The molecule has 0 rings (SSSR count). The standard InChI is InChI=1S/C34H67NO5/c1-3-5-7-9-11-13-15-16-17-18-20-21-23-25-27-31(37)33(39)30(29-36)35-34(40)32(38)28-26-24-22-19-14-12-10-8-6-4-2/h10,12,30-33,36-39H,3-9,11,13-29H2,1-2H3,(H,35,40)/b12-10-. The molecule has 6 heteroatoms. The van der Waals surface area contributed by atoms with Gasteiger partial charge in [0.05, 0.1) is 18.8 Å². The normalized spacial score (nSPS) is 14.8. The molecule has 0 aromatic rings. The van der Waals surface area contributed by atoms with Crippen molar-refractivity contribution in [3.63, 3.8) is 0 Å². The topological polar surface area (TPSA) is 110 Å². The minimum atomic E-state index is -1.26. The molecule has 1 amide bonds. The first kappa shape index (κ1) is 39.0. The highest BCUT2D eigenvalue weighted by molar-refractivity contribution is 5.80. The first-order valence-corrected chi connectivity index (χ1v) is 17.1. The van der Waals surface area contributed by atoms with Gasteiger partial charge in [0, 0.05) is 0 Å². The van der Waals surface area contributed by atoms with Gasteiger partial charge in [-0.05, 0) is 32.1 Å². The maximum absolute atomic E-state index is 12.4. The average molecular weight is 570 g/mol. The van der Waals surface area contributed by atoms with Crippen LogP contribution in [0.4, 0.5) is 0 Å². The van der Waals surface area contributed by atoms with Gasteiger partial charge >= 0.3 is 0 Å². The monoisotopic (exact) mass is 570 g/mol. The molecule has 0 saturated heterocycles. The van der Waals surface area contributed by atoms with Gasteiger partial charge in [-0.2, -0.15) is 0 Å². The van der Waals surface area contributed by atoms with Crippen molar-refractivity contribution in [2.24, 2.45) is 0 Å². The number of allylic oxidation sites excluding steroid dienone is 2. The number of aliphatic hydroxyl groups is 4. The summed E-state index contributed by atoms with van der Waals surface area (Å²) in [4.78, 5) is 12.4. The van der Waals surface area contributed by atoms with Gasteiger partial charge in [-0.15, -0.1) is 0 Å². The molecule has 40 heavy (non-hydrogen) atoms. The zero-order valence-corrected chi connectivity index (χ0v) is 26.3. The zero-order valence-electron chi connectivity index (χ0n) is 26.3. The van der Waals surface area contributed by atoms with E-state index < -0.39 is 36.9 Å². The van der Waals surface area contributed by atoms with E-state index >= 15 is 0 Å². The minimum absolute atomic E-state index is 0.355. The second kappa shape index (κ2) is 29.5. The highest BCUT2D eigenvalue weighted by Gasteiger charge is 2.28. The Bertz CT molecular complexity index is 571. The van der Waals surface area contributed by atoms with Crippen molar-refractivity contribution in [2.75, 3.05) is 6.61 Å². The summed E-state index contributed by atoms with van der Waals surface area (Å²) < 4.78 is 0. The maximum Gasteiger partial charge on any atom is 0.249 e. The molecule has 0 aliphatic carbocycles. The van der Waals surface area contributed by atoms with E-state index in [0.29, 0.717) is 12.8 Å². The quantitative estimate of drug-likeness (QED) is 0.0454. The number of carbonyl (C=O) groups is 1. The summed E-state index contributed by atoms with van der Waals surface area (Å²) in [6.45, 7) is 3.97. The van der Waals surface area contributed by atoms with Crippen molar-refractivity contribution in [1.82, 2.24) is 5.32 Å². The largest absolute Gasteiger partial charge is 0.394 e. The van der Waals surface area contributed by atoms with Crippen LogP contribution in [0.2, 0.25) is 0 Å². The van der Waals surface area contributed by atoms with Crippen LogP contribution in [0, 0.1) is 0 Å². The molecule has 0 saturated carbocycles. The number of amides is 1. The summed E-state index contributed by atoms with van der Waals surface area (Å²) in [6, 6.07) is -0.983. The van der Waals surface area contributed by atoms with Crippen LogP contribution in [0.1, 0.15) is 168 Å². The van der Waals surface area contributed by atoms with Gasteiger partial charge in [0.2, 0.25) is 5.91 Å². The van der Waals surface area contributed by atoms with E-state index in [1.54, 1.807) is 0 Å². The first-order chi connectivity index (χ1) is 19.5. The number of hydrogen-bond acceptors (Lipinski definition) is 5. The fourth-order valence-electron chi connectivity index (χ4n) is 5.15. The molecule has 0 fully saturated rings.